The van der Waals surface area contributed by atoms with Crippen LogP contribution in [0.5, 0.6) is 0 Å². The molecule has 0 aliphatic carbocycles. The summed E-state index contributed by atoms with van der Waals surface area (Å²) in [6.45, 7) is 0. The smallest absolute Gasteiger partial charge is 0.164 e. The third kappa shape index (κ3) is 4.66. The van der Waals surface area contributed by atoms with Crippen LogP contribution in [0, 0.1) is 0 Å². The van der Waals surface area contributed by atoms with Gasteiger partial charge in [0, 0.05) is 33.2 Å². The van der Waals surface area contributed by atoms with E-state index in [-0.39, 0.29) is 0 Å². The van der Waals surface area contributed by atoms with Crippen molar-refractivity contribution in [2.24, 2.45) is 0 Å². The molecular weight excluding hydrogens is 573 g/mol. The second-order valence-electron chi connectivity index (χ2n) is 11.7. The van der Waals surface area contributed by atoms with Crippen LogP contribution >= 0.6 is 0 Å². The van der Waals surface area contributed by atoms with Gasteiger partial charge in [-0.3, -0.25) is 0 Å². The lowest BCUT2D eigenvalue weighted by atomic mass is 9.98. The van der Waals surface area contributed by atoms with Crippen molar-refractivity contribution in [3.8, 4) is 51.0 Å². The van der Waals surface area contributed by atoms with Crippen LogP contribution in [-0.2, 0) is 0 Å². The molecule has 220 valence electrons. The summed E-state index contributed by atoms with van der Waals surface area (Å²) in [5.74, 6) is 1.93. The van der Waals surface area contributed by atoms with Crippen LogP contribution < -0.4 is 0 Å². The molecule has 2 aromatic heterocycles. The Hall–Kier alpha value is -6.39. The minimum Gasteiger partial charge on any atom is -0.309 e. The summed E-state index contributed by atoms with van der Waals surface area (Å²) in [6, 6.07) is 59.1. The van der Waals surface area contributed by atoms with Crippen LogP contribution in [0.2, 0.25) is 0 Å². The number of para-hydroxylation sites is 2. The van der Waals surface area contributed by atoms with Crippen molar-refractivity contribution >= 4 is 32.6 Å². The maximum absolute atomic E-state index is 5.18. The van der Waals surface area contributed by atoms with Crippen molar-refractivity contribution in [3.05, 3.63) is 170 Å². The zero-order valence-electron chi connectivity index (χ0n) is 25.5. The van der Waals surface area contributed by atoms with Crippen molar-refractivity contribution < 1.29 is 0 Å². The lowest BCUT2D eigenvalue weighted by Crippen LogP contribution is -2.01. The number of rotatable bonds is 5. The third-order valence-corrected chi connectivity index (χ3v) is 8.85. The number of fused-ring (bicyclic) bond motifs is 5. The summed E-state index contributed by atoms with van der Waals surface area (Å²) in [5.41, 5.74) is 8.56. The quantitative estimate of drug-likeness (QED) is 0.197. The number of nitrogens with zero attached hydrogens (tertiary/aromatic N) is 4. The maximum Gasteiger partial charge on any atom is 0.164 e. The molecule has 4 heteroatoms. The van der Waals surface area contributed by atoms with Crippen LogP contribution in [-0.4, -0.2) is 19.5 Å². The first-order chi connectivity index (χ1) is 23.3. The number of hydrogen-bond donors (Lipinski definition) is 0. The molecule has 0 radical (unpaired) electrons. The molecule has 7 aromatic carbocycles. The van der Waals surface area contributed by atoms with Crippen molar-refractivity contribution in [1.29, 1.82) is 0 Å². The van der Waals surface area contributed by atoms with E-state index < -0.39 is 0 Å². The summed E-state index contributed by atoms with van der Waals surface area (Å²) in [7, 11) is 0. The largest absolute Gasteiger partial charge is 0.309 e. The summed E-state index contributed by atoms with van der Waals surface area (Å²) in [4.78, 5) is 15.3. The average Bonchev–Trinajstić information content (AvgIpc) is 3.50. The van der Waals surface area contributed by atoms with E-state index in [1.54, 1.807) is 0 Å². The van der Waals surface area contributed by atoms with Gasteiger partial charge < -0.3 is 4.57 Å². The average molecular weight is 601 g/mol. The lowest BCUT2D eigenvalue weighted by Gasteiger charge is -2.13. The molecule has 0 fully saturated rings. The predicted octanol–water partition coefficient (Wildman–Crippen LogP) is 10.8. The molecule has 4 nitrogen and oxygen atoms in total. The van der Waals surface area contributed by atoms with E-state index in [4.69, 9.17) is 15.0 Å². The van der Waals surface area contributed by atoms with E-state index in [1.807, 2.05) is 24.3 Å². The molecule has 0 amide bonds. The van der Waals surface area contributed by atoms with Crippen LogP contribution in [0.15, 0.2) is 170 Å². The molecule has 0 aliphatic rings. The molecule has 0 spiro atoms. The summed E-state index contributed by atoms with van der Waals surface area (Å²) in [5, 5.41) is 4.71. The highest BCUT2D eigenvalue weighted by Gasteiger charge is 2.20. The number of aromatic nitrogens is 4. The molecule has 9 aromatic rings. The molecule has 0 unspecified atom stereocenters. The molecular formula is C43H28N4. The van der Waals surface area contributed by atoms with Gasteiger partial charge in [-0.2, -0.15) is 0 Å². The van der Waals surface area contributed by atoms with Gasteiger partial charge in [-0.15, -0.1) is 0 Å². The Balaban J connectivity index is 1.32. The minimum absolute atomic E-state index is 0.640. The fourth-order valence-corrected chi connectivity index (χ4v) is 6.65. The Morgan fingerprint density at radius 1 is 0.340 bits per heavy atom. The van der Waals surface area contributed by atoms with Gasteiger partial charge in [0.25, 0.3) is 0 Å². The standard InChI is InChI=1S/C43H28N4/c1-4-14-29(15-5-1)30-24-26-32(27-25-30)42-44-41(31-16-6-2-7-17-31)45-43(46-42)37-28-39-40(35-21-11-10-20-34(35)37)36-22-12-13-23-38(36)47(39)33-18-8-3-9-19-33/h1-28H. The topological polar surface area (TPSA) is 43.6 Å². The van der Waals surface area contributed by atoms with E-state index in [1.165, 1.54) is 21.7 Å². The number of benzene rings is 7. The third-order valence-electron chi connectivity index (χ3n) is 8.85. The van der Waals surface area contributed by atoms with Crippen molar-refractivity contribution in [3.63, 3.8) is 0 Å². The van der Waals surface area contributed by atoms with Crippen LogP contribution in [0.3, 0.4) is 0 Å². The fourth-order valence-electron chi connectivity index (χ4n) is 6.65. The van der Waals surface area contributed by atoms with Crippen LogP contribution in [0.25, 0.3) is 83.6 Å². The highest BCUT2D eigenvalue weighted by molar-refractivity contribution is 6.24. The molecule has 0 atom stereocenters. The monoisotopic (exact) mass is 600 g/mol. The highest BCUT2D eigenvalue weighted by atomic mass is 15.0. The molecule has 0 saturated carbocycles. The molecule has 2 heterocycles. The summed E-state index contributed by atoms with van der Waals surface area (Å²) in [6.07, 6.45) is 0. The molecule has 0 bridgehead atoms. The molecule has 0 aliphatic heterocycles. The first kappa shape index (κ1) is 27.0. The van der Waals surface area contributed by atoms with Gasteiger partial charge in [-0.25, -0.2) is 15.0 Å². The number of hydrogen-bond acceptors (Lipinski definition) is 3. The Morgan fingerprint density at radius 3 is 1.49 bits per heavy atom. The zero-order chi connectivity index (χ0) is 31.2. The Bertz CT molecular complexity index is 2540. The van der Waals surface area contributed by atoms with Gasteiger partial charge in [-0.05, 0) is 46.2 Å². The van der Waals surface area contributed by atoms with E-state index in [0.29, 0.717) is 17.5 Å². The predicted molar refractivity (Wildman–Crippen MR) is 193 cm³/mol. The molecule has 0 N–H and O–H groups in total. The summed E-state index contributed by atoms with van der Waals surface area (Å²) >= 11 is 0. The second-order valence-corrected chi connectivity index (χ2v) is 11.7. The van der Waals surface area contributed by atoms with Gasteiger partial charge >= 0.3 is 0 Å². The van der Waals surface area contributed by atoms with Crippen LogP contribution in [0.1, 0.15) is 0 Å². The fraction of sp³-hybridized carbons (Fsp3) is 0. The lowest BCUT2D eigenvalue weighted by molar-refractivity contribution is 1.08. The molecule has 47 heavy (non-hydrogen) atoms. The van der Waals surface area contributed by atoms with Gasteiger partial charge in [0.15, 0.2) is 17.5 Å². The van der Waals surface area contributed by atoms with Crippen molar-refractivity contribution in [2.45, 2.75) is 0 Å². The van der Waals surface area contributed by atoms with E-state index in [9.17, 15) is 0 Å². The zero-order valence-corrected chi connectivity index (χ0v) is 25.5. The van der Waals surface area contributed by atoms with Gasteiger partial charge in [0.2, 0.25) is 0 Å². The highest BCUT2D eigenvalue weighted by Crippen LogP contribution is 2.41. The van der Waals surface area contributed by atoms with E-state index in [0.717, 1.165) is 44.4 Å². The first-order valence-corrected chi connectivity index (χ1v) is 15.8. The Labute approximate surface area is 272 Å². The summed E-state index contributed by atoms with van der Waals surface area (Å²) < 4.78 is 2.35. The van der Waals surface area contributed by atoms with Gasteiger partial charge in [0.05, 0.1) is 11.0 Å². The molecule has 0 saturated heterocycles. The first-order valence-electron chi connectivity index (χ1n) is 15.8. The Morgan fingerprint density at radius 2 is 0.809 bits per heavy atom. The van der Waals surface area contributed by atoms with E-state index in [2.05, 4.69) is 150 Å². The van der Waals surface area contributed by atoms with Crippen molar-refractivity contribution in [2.75, 3.05) is 0 Å². The SMILES string of the molecule is c1ccc(-c2ccc(-c3nc(-c4ccccc4)nc(-c4cc5c(c6ccccc46)c4ccccc4n5-c4ccccc4)n3)cc2)cc1. The maximum atomic E-state index is 5.18. The second kappa shape index (κ2) is 11.2. The van der Waals surface area contributed by atoms with E-state index >= 15 is 0 Å². The normalized spacial score (nSPS) is 11.4. The Kier molecular flexibility index (Phi) is 6.43. The van der Waals surface area contributed by atoms with Gasteiger partial charge in [0.1, 0.15) is 0 Å². The van der Waals surface area contributed by atoms with Gasteiger partial charge in [-0.1, -0.05) is 146 Å². The van der Waals surface area contributed by atoms with Crippen molar-refractivity contribution in [1.82, 2.24) is 19.5 Å². The van der Waals surface area contributed by atoms with Crippen LogP contribution in [0.4, 0.5) is 0 Å². The minimum atomic E-state index is 0.640. The molecule has 9 rings (SSSR count).